The predicted molar refractivity (Wildman–Crippen MR) is 91.4 cm³/mol. The van der Waals surface area contributed by atoms with Crippen molar-refractivity contribution in [3.8, 4) is 5.75 Å². The van der Waals surface area contributed by atoms with Gasteiger partial charge < -0.3 is 9.84 Å². The predicted octanol–water partition coefficient (Wildman–Crippen LogP) is 2.66. The lowest BCUT2D eigenvalue weighted by Gasteiger charge is -2.14. The zero-order chi connectivity index (χ0) is 16.9. The van der Waals surface area contributed by atoms with E-state index in [0.29, 0.717) is 5.75 Å². The third-order valence-corrected chi connectivity index (χ3v) is 5.12. The van der Waals surface area contributed by atoms with Crippen LogP contribution in [0.3, 0.4) is 0 Å². The van der Waals surface area contributed by atoms with Crippen molar-refractivity contribution in [2.75, 3.05) is 12.4 Å². The molecule has 0 aliphatic carbocycles. The van der Waals surface area contributed by atoms with Crippen molar-refractivity contribution >= 4 is 9.84 Å². The molecule has 0 aliphatic heterocycles. The van der Waals surface area contributed by atoms with E-state index in [4.69, 9.17) is 4.74 Å². The van der Waals surface area contributed by atoms with Gasteiger partial charge in [-0.15, -0.1) is 0 Å². The normalized spacial score (nSPS) is 12.8. The molecule has 1 unspecified atom stereocenters. The highest BCUT2D eigenvalue weighted by Crippen LogP contribution is 2.19. The molecule has 0 amide bonds. The van der Waals surface area contributed by atoms with E-state index in [1.54, 1.807) is 24.3 Å². The van der Waals surface area contributed by atoms with Crippen molar-refractivity contribution in [2.45, 2.75) is 25.7 Å². The molecule has 0 bridgehead atoms. The van der Waals surface area contributed by atoms with Gasteiger partial charge >= 0.3 is 0 Å². The van der Waals surface area contributed by atoms with Gasteiger partial charge in [0.2, 0.25) is 0 Å². The number of hydrogen-bond donors (Lipinski definition) is 1. The Kier molecular flexibility index (Phi) is 5.80. The highest BCUT2D eigenvalue weighted by atomic mass is 32.2. The van der Waals surface area contributed by atoms with Gasteiger partial charge in [-0.05, 0) is 36.6 Å². The third kappa shape index (κ3) is 5.69. The molecule has 0 aromatic heterocycles. The van der Waals surface area contributed by atoms with E-state index in [0.717, 1.165) is 16.7 Å². The molecule has 0 saturated carbocycles. The Hall–Kier alpha value is -1.85. The van der Waals surface area contributed by atoms with Crippen LogP contribution in [0.2, 0.25) is 0 Å². The molecule has 0 saturated heterocycles. The summed E-state index contributed by atoms with van der Waals surface area (Å²) in [6, 6.07) is 14.7. The van der Waals surface area contributed by atoms with Crippen LogP contribution in [-0.2, 0) is 15.6 Å². The number of rotatable bonds is 7. The second-order valence-corrected chi connectivity index (χ2v) is 7.88. The summed E-state index contributed by atoms with van der Waals surface area (Å²) in [5.74, 6) is 0.283. The minimum atomic E-state index is -3.39. The molecule has 4 nitrogen and oxygen atoms in total. The van der Waals surface area contributed by atoms with Gasteiger partial charge in [-0.1, -0.05) is 42.5 Å². The molecular weight excluding hydrogens is 312 g/mol. The largest absolute Gasteiger partial charge is 0.491 e. The quantitative estimate of drug-likeness (QED) is 0.845. The molecular formula is C18H22O4S. The van der Waals surface area contributed by atoms with Crippen LogP contribution in [0.25, 0.3) is 0 Å². The van der Waals surface area contributed by atoms with E-state index >= 15 is 0 Å². The molecule has 0 aliphatic rings. The first-order valence-electron chi connectivity index (χ1n) is 7.48. The number of ether oxygens (including phenoxy) is 1. The Bertz CT molecular complexity index is 739. The smallest absolute Gasteiger partial charge is 0.157 e. The number of sulfone groups is 1. The van der Waals surface area contributed by atoms with Gasteiger partial charge in [-0.2, -0.15) is 0 Å². The van der Waals surface area contributed by atoms with Crippen LogP contribution < -0.4 is 4.74 Å². The fraction of sp³-hybridized carbons (Fsp3) is 0.333. The summed E-state index contributed by atoms with van der Waals surface area (Å²) in [6.45, 7) is 3.82. The van der Waals surface area contributed by atoms with Crippen molar-refractivity contribution in [1.29, 1.82) is 0 Å². The fourth-order valence-corrected chi connectivity index (χ4v) is 3.78. The summed E-state index contributed by atoms with van der Waals surface area (Å²) in [7, 11) is -3.39. The Morgan fingerprint density at radius 3 is 2.48 bits per heavy atom. The molecule has 0 spiro atoms. The summed E-state index contributed by atoms with van der Waals surface area (Å²) in [4.78, 5) is 0. The molecule has 1 atom stereocenters. The average molecular weight is 334 g/mol. The second kappa shape index (κ2) is 7.62. The number of hydrogen-bond acceptors (Lipinski definition) is 4. The van der Waals surface area contributed by atoms with Crippen molar-refractivity contribution in [1.82, 2.24) is 0 Å². The maximum absolute atomic E-state index is 12.1. The summed E-state index contributed by atoms with van der Waals surface area (Å²) in [5, 5.41) is 9.98. The van der Waals surface area contributed by atoms with E-state index in [1.165, 1.54) is 0 Å². The lowest BCUT2D eigenvalue weighted by Crippen LogP contribution is -2.28. The minimum Gasteiger partial charge on any atom is -0.491 e. The first kappa shape index (κ1) is 17.5. The molecule has 2 aromatic rings. The molecule has 0 radical (unpaired) electrons. The number of aliphatic hydroxyl groups is 1. The van der Waals surface area contributed by atoms with Crippen LogP contribution in [-0.4, -0.2) is 32.0 Å². The maximum Gasteiger partial charge on any atom is 0.157 e. The van der Waals surface area contributed by atoms with Gasteiger partial charge in [0.25, 0.3) is 0 Å². The summed E-state index contributed by atoms with van der Waals surface area (Å²) >= 11 is 0. The van der Waals surface area contributed by atoms with E-state index in [1.807, 2.05) is 38.1 Å². The van der Waals surface area contributed by atoms with Crippen molar-refractivity contribution < 1.29 is 18.3 Å². The Balaban J connectivity index is 1.91. The molecule has 2 aromatic carbocycles. The average Bonchev–Trinajstić information content (AvgIpc) is 2.48. The van der Waals surface area contributed by atoms with Crippen molar-refractivity contribution in [3.63, 3.8) is 0 Å². The summed E-state index contributed by atoms with van der Waals surface area (Å²) < 4.78 is 29.8. The number of aliphatic hydroxyl groups excluding tert-OH is 1. The van der Waals surface area contributed by atoms with Crippen molar-refractivity contribution in [3.05, 3.63) is 65.2 Å². The maximum atomic E-state index is 12.1. The lowest BCUT2D eigenvalue weighted by molar-refractivity contribution is 0.124. The zero-order valence-electron chi connectivity index (χ0n) is 13.4. The van der Waals surface area contributed by atoms with Crippen LogP contribution in [0, 0.1) is 13.8 Å². The lowest BCUT2D eigenvalue weighted by atomic mass is 10.1. The van der Waals surface area contributed by atoms with E-state index in [9.17, 15) is 13.5 Å². The second-order valence-electron chi connectivity index (χ2n) is 5.77. The summed E-state index contributed by atoms with van der Waals surface area (Å²) in [5.41, 5.74) is 2.72. The van der Waals surface area contributed by atoms with Crippen LogP contribution in [0.5, 0.6) is 5.75 Å². The van der Waals surface area contributed by atoms with E-state index in [-0.39, 0.29) is 18.1 Å². The molecule has 23 heavy (non-hydrogen) atoms. The highest BCUT2D eigenvalue weighted by Gasteiger charge is 2.19. The number of aryl methyl sites for hydroxylation is 2. The van der Waals surface area contributed by atoms with Crippen LogP contribution in [0.1, 0.15) is 16.7 Å². The van der Waals surface area contributed by atoms with Gasteiger partial charge in [0.15, 0.2) is 9.84 Å². The van der Waals surface area contributed by atoms with Crippen LogP contribution in [0.15, 0.2) is 48.5 Å². The monoisotopic (exact) mass is 334 g/mol. The van der Waals surface area contributed by atoms with Gasteiger partial charge in [-0.25, -0.2) is 8.42 Å². The van der Waals surface area contributed by atoms with E-state index in [2.05, 4.69) is 0 Å². The van der Waals surface area contributed by atoms with Crippen LogP contribution >= 0.6 is 0 Å². The van der Waals surface area contributed by atoms with Crippen molar-refractivity contribution in [2.24, 2.45) is 0 Å². The fourth-order valence-electron chi connectivity index (χ4n) is 2.28. The first-order chi connectivity index (χ1) is 10.9. The van der Waals surface area contributed by atoms with Gasteiger partial charge in [0, 0.05) is 0 Å². The zero-order valence-corrected chi connectivity index (χ0v) is 14.2. The van der Waals surface area contributed by atoms with Gasteiger partial charge in [0.1, 0.15) is 18.5 Å². The standard InChI is InChI=1S/C18H22O4S/c1-14-8-9-15(2)18(10-14)22-11-17(19)13-23(20,21)12-16-6-4-3-5-7-16/h3-10,17,19H,11-13H2,1-2H3. The molecule has 5 heteroatoms. The Morgan fingerprint density at radius 2 is 1.78 bits per heavy atom. The molecule has 1 N–H and O–H groups in total. The van der Waals surface area contributed by atoms with Gasteiger partial charge in [0.05, 0.1) is 11.5 Å². The van der Waals surface area contributed by atoms with Gasteiger partial charge in [-0.3, -0.25) is 0 Å². The molecule has 0 heterocycles. The van der Waals surface area contributed by atoms with Crippen LogP contribution in [0.4, 0.5) is 0 Å². The third-order valence-electron chi connectivity index (χ3n) is 3.45. The first-order valence-corrected chi connectivity index (χ1v) is 9.30. The minimum absolute atomic E-state index is 0.0433. The highest BCUT2D eigenvalue weighted by molar-refractivity contribution is 7.90. The molecule has 2 rings (SSSR count). The Labute approximate surface area is 137 Å². The molecule has 0 fully saturated rings. The SMILES string of the molecule is Cc1ccc(C)c(OCC(O)CS(=O)(=O)Cc2ccccc2)c1. The topological polar surface area (TPSA) is 63.6 Å². The summed E-state index contributed by atoms with van der Waals surface area (Å²) in [6.07, 6.45) is -1.05. The molecule has 124 valence electrons. The van der Waals surface area contributed by atoms with E-state index < -0.39 is 15.9 Å². The Morgan fingerprint density at radius 1 is 1.09 bits per heavy atom. The number of benzene rings is 2.